The van der Waals surface area contributed by atoms with Crippen LogP contribution >= 0.6 is 24.0 Å². The molecule has 2 aromatic rings. The van der Waals surface area contributed by atoms with Gasteiger partial charge in [0.15, 0.2) is 15.8 Å². The van der Waals surface area contributed by atoms with Gasteiger partial charge in [-0.15, -0.1) is 24.0 Å². The van der Waals surface area contributed by atoms with E-state index in [2.05, 4.69) is 15.6 Å². The van der Waals surface area contributed by atoms with Crippen molar-refractivity contribution in [3.63, 3.8) is 0 Å². The van der Waals surface area contributed by atoms with Crippen LogP contribution in [0, 0.1) is 0 Å². The normalized spacial score (nSPS) is 11.6. The van der Waals surface area contributed by atoms with Gasteiger partial charge in [-0.25, -0.2) is 8.42 Å². The molecule has 24 heavy (non-hydrogen) atoms. The molecule has 0 aliphatic carbocycles. The van der Waals surface area contributed by atoms with E-state index in [-0.39, 0.29) is 36.3 Å². The molecular weight excluding hydrogens is 441 g/mol. The fourth-order valence-electron chi connectivity index (χ4n) is 2.03. The van der Waals surface area contributed by atoms with Crippen LogP contribution in [-0.2, 0) is 16.3 Å². The molecule has 8 heteroatoms. The predicted molar refractivity (Wildman–Crippen MR) is 106 cm³/mol. The number of sulfone groups is 1. The van der Waals surface area contributed by atoms with Crippen LogP contribution in [0.25, 0.3) is 0 Å². The number of aliphatic imine (C=N–C) groups is 1. The molecule has 0 aliphatic rings. The van der Waals surface area contributed by atoms with Gasteiger partial charge in [-0.3, -0.25) is 4.99 Å². The summed E-state index contributed by atoms with van der Waals surface area (Å²) < 4.78 is 29.6. The van der Waals surface area contributed by atoms with E-state index in [4.69, 9.17) is 4.42 Å². The second kappa shape index (κ2) is 10.3. The van der Waals surface area contributed by atoms with E-state index in [0.717, 1.165) is 12.2 Å². The van der Waals surface area contributed by atoms with E-state index in [9.17, 15) is 8.42 Å². The molecule has 0 unspecified atom stereocenters. The molecule has 0 atom stereocenters. The Kier molecular flexibility index (Phi) is 8.83. The van der Waals surface area contributed by atoms with Gasteiger partial charge in [0.2, 0.25) is 0 Å². The monoisotopic (exact) mass is 463 g/mol. The second-order valence-corrected chi connectivity index (χ2v) is 7.00. The van der Waals surface area contributed by atoms with Crippen LogP contribution < -0.4 is 10.6 Å². The molecule has 0 saturated carbocycles. The summed E-state index contributed by atoms with van der Waals surface area (Å²) in [6, 6.07) is 12.2. The lowest BCUT2D eigenvalue weighted by molar-refractivity contribution is 0.507. The van der Waals surface area contributed by atoms with Crippen molar-refractivity contribution in [2.75, 3.05) is 25.9 Å². The third kappa shape index (κ3) is 6.52. The molecule has 0 saturated heterocycles. The zero-order valence-corrected chi connectivity index (χ0v) is 16.6. The van der Waals surface area contributed by atoms with Crippen molar-refractivity contribution < 1.29 is 12.8 Å². The van der Waals surface area contributed by atoms with Crippen LogP contribution in [0.1, 0.15) is 5.76 Å². The van der Waals surface area contributed by atoms with Gasteiger partial charge in [-0.05, 0) is 24.3 Å². The van der Waals surface area contributed by atoms with Crippen molar-refractivity contribution in [3.8, 4) is 0 Å². The van der Waals surface area contributed by atoms with Crippen molar-refractivity contribution >= 4 is 39.8 Å². The van der Waals surface area contributed by atoms with E-state index < -0.39 is 9.84 Å². The van der Waals surface area contributed by atoms with Crippen LogP contribution in [0.2, 0.25) is 0 Å². The number of furan rings is 1. The number of nitrogens with one attached hydrogen (secondary N) is 2. The molecule has 1 heterocycles. The summed E-state index contributed by atoms with van der Waals surface area (Å²) in [5.41, 5.74) is 0. The van der Waals surface area contributed by atoms with E-state index in [0.29, 0.717) is 17.4 Å². The molecule has 0 spiro atoms. The molecular formula is C16H22IN3O3S. The van der Waals surface area contributed by atoms with Crippen LogP contribution in [0.4, 0.5) is 0 Å². The van der Waals surface area contributed by atoms with E-state index in [1.54, 1.807) is 43.6 Å². The number of guanidine groups is 1. The summed E-state index contributed by atoms with van der Waals surface area (Å²) >= 11 is 0. The summed E-state index contributed by atoms with van der Waals surface area (Å²) in [4.78, 5) is 4.40. The van der Waals surface area contributed by atoms with E-state index in [1.807, 2.05) is 12.1 Å². The number of halogens is 1. The van der Waals surface area contributed by atoms with Gasteiger partial charge in [-0.1, -0.05) is 18.2 Å². The minimum absolute atomic E-state index is 0. The molecule has 2 N–H and O–H groups in total. The molecule has 6 nitrogen and oxygen atoms in total. The van der Waals surface area contributed by atoms with E-state index in [1.165, 1.54) is 0 Å². The molecule has 0 bridgehead atoms. The summed E-state index contributed by atoms with van der Waals surface area (Å²) in [5, 5.41) is 6.12. The number of nitrogens with zero attached hydrogens (tertiary/aromatic N) is 1. The van der Waals surface area contributed by atoms with Gasteiger partial charge in [0, 0.05) is 26.6 Å². The lowest BCUT2D eigenvalue weighted by Crippen LogP contribution is -2.40. The van der Waals surface area contributed by atoms with Crippen molar-refractivity contribution in [1.29, 1.82) is 0 Å². The minimum atomic E-state index is -3.28. The van der Waals surface area contributed by atoms with Crippen LogP contribution in [0.3, 0.4) is 0 Å². The third-order valence-electron chi connectivity index (χ3n) is 3.23. The molecule has 0 radical (unpaired) electrons. The molecule has 2 rings (SSSR count). The molecule has 0 aliphatic heterocycles. The first-order valence-corrected chi connectivity index (χ1v) is 9.02. The molecule has 1 aromatic heterocycles. The average molecular weight is 463 g/mol. The topological polar surface area (TPSA) is 83.7 Å². The summed E-state index contributed by atoms with van der Waals surface area (Å²) in [6.45, 7) is 0.941. The SMILES string of the molecule is CN=C(NCCc1ccco1)NCCS(=O)(=O)c1ccccc1.I. The first-order chi connectivity index (χ1) is 11.1. The van der Waals surface area contributed by atoms with Crippen LogP contribution in [0.15, 0.2) is 63.0 Å². The van der Waals surface area contributed by atoms with Gasteiger partial charge < -0.3 is 15.1 Å². The summed E-state index contributed by atoms with van der Waals surface area (Å²) in [7, 11) is -1.63. The van der Waals surface area contributed by atoms with E-state index >= 15 is 0 Å². The van der Waals surface area contributed by atoms with Gasteiger partial charge in [0.1, 0.15) is 5.76 Å². The second-order valence-electron chi connectivity index (χ2n) is 4.89. The first kappa shape index (κ1) is 20.5. The van der Waals surface area contributed by atoms with Gasteiger partial charge >= 0.3 is 0 Å². The molecule has 0 amide bonds. The lowest BCUT2D eigenvalue weighted by atomic mass is 10.3. The average Bonchev–Trinajstić information content (AvgIpc) is 3.07. The Morgan fingerprint density at radius 2 is 1.79 bits per heavy atom. The Morgan fingerprint density at radius 3 is 2.42 bits per heavy atom. The Bertz CT molecular complexity index is 716. The largest absolute Gasteiger partial charge is 0.469 e. The lowest BCUT2D eigenvalue weighted by Gasteiger charge is -2.11. The number of hydrogen-bond donors (Lipinski definition) is 2. The highest BCUT2D eigenvalue weighted by atomic mass is 127. The Labute approximate surface area is 159 Å². The summed E-state index contributed by atoms with van der Waals surface area (Å²) in [6.07, 6.45) is 2.37. The van der Waals surface area contributed by atoms with Crippen molar-refractivity contribution in [2.45, 2.75) is 11.3 Å². The maximum absolute atomic E-state index is 12.2. The minimum Gasteiger partial charge on any atom is -0.469 e. The van der Waals surface area contributed by atoms with Crippen molar-refractivity contribution in [3.05, 3.63) is 54.5 Å². The Morgan fingerprint density at radius 1 is 1.08 bits per heavy atom. The zero-order chi connectivity index (χ0) is 16.5. The molecule has 1 aromatic carbocycles. The Hall–Kier alpha value is -1.55. The molecule has 132 valence electrons. The maximum Gasteiger partial charge on any atom is 0.191 e. The number of hydrogen-bond acceptors (Lipinski definition) is 4. The quantitative estimate of drug-likeness (QED) is 0.373. The fourth-order valence-corrected chi connectivity index (χ4v) is 3.21. The van der Waals surface area contributed by atoms with Crippen molar-refractivity contribution in [1.82, 2.24) is 10.6 Å². The summed E-state index contributed by atoms with van der Waals surface area (Å²) in [5.74, 6) is 1.47. The van der Waals surface area contributed by atoms with Crippen LogP contribution in [0.5, 0.6) is 0 Å². The highest BCUT2D eigenvalue weighted by Gasteiger charge is 2.13. The standard InChI is InChI=1S/C16H21N3O3S.HI/c1-17-16(18-10-9-14-6-5-12-22-14)19-11-13-23(20,21)15-7-3-2-4-8-15;/h2-8,12H,9-11,13H2,1H3,(H2,17,18,19);1H. The Balaban J connectivity index is 0.00000288. The smallest absolute Gasteiger partial charge is 0.191 e. The predicted octanol–water partition coefficient (Wildman–Crippen LogP) is 2.08. The number of benzene rings is 1. The molecule has 0 fully saturated rings. The van der Waals surface area contributed by atoms with Gasteiger partial charge in [0.25, 0.3) is 0 Å². The maximum atomic E-state index is 12.2. The highest BCUT2D eigenvalue weighted by Crippen LogP contribution is 2.09. The first-order valence-electron chi connectivity index (χ1n) is 7.36. The number of rotatable bonds is 7. The third-order valence-corrected chi connectivity index (χ3v) is 4.97. The fraction of sp³-hybridized carbons (Fsp3) is 0.312. The zero-order valence-electron chi connectivity index (χ0n) is 13.4. The highest BCUT2D eigenvalue weighted by molar-refractivity contribution is 14.0. The van der Waals surface area contributed by atoms with Gasteiger partial charge in [-0.2, -0.15) is 0 Å². The van der Waals surface area contributed by atoms with Crippen molar-refractivity contribution in [2.24, 2.45) is 4.99 Å². The van der Waals surface area contributed by atoms with Gasteiger partial charge in [0.05, 0.1) is 16.9 Å². The van der Waals surface area contributed by atoms with Crippen LogP contribution in [-0.4, -0.2) is 40.3 Å².